The van der Waals surface area contributed by atoms with Gasteiger partial charge in [-0.2, -0.15) is 0 Å². The maximum atomic E-state index is 11.0. The molecule has 0 saturated heterocycles. The van der Waals surface area contributed by atoms with Crippen LogP contribution in [0.1, 0.15) is 0 Å². The van der Waals surface area contributed by atoms with E-state index in [1.54, 1.807) is 7.11 Å². The van der Waals surface area contributed by atoms with E-state index in [1.807, 2.05) is 18.2 Å². The Hall–Kier alpha value is -0.750. The molecular formula is C10H14BrNO3S. The first-order chi connectivity index (χ1) is 7.42. The Morgan fingerprint density at radius 1 is 1.44 bits per heavy atom. The van der Waals surface area contributed by atoms with Crippen molar-refractivity contribution in [2.75, 3.05) is 31.0 Å². The van der Waals surface area contributed by atoms with Crippen LogP contribution in [0, 0.1) is 0 Å². The summed E-state index contributed by atoms with van der Waals surface area (Å²) < 4.78 is 28.0. The molecule has 4 nitrogen and oxygen atoms in total. The molecule has 0 fully saturated rings. The Morgan fingerprint density at radius 3 is 2.69 bits per heavy atom. The fraction of sp³-hybridized carbons (Fsp3) is 0.400. The molecule has 0 aromatic heterocycles. The summed E-state index contributed by atoms with van der Waals surface area (Å²) in [5, 5.41) is 3.03. The maximum Gasteiger partial charge on any atom is 0.149 e. The number of halogens is 1. The van der Waals surface area contributed by atoms with Crippen molar-refractivity contribution in [3.63, 3.8) is 0 Å². The number of rotatable bonds is 5. The van der Waals surface area contributed by atoms with E-state index in [0.29, 0.717) is 12.3 Å². The third-order valence-electron chi connectivity index (χ3n) is 1.95. The average molecular weight is 308 g/mol. The number of nitrogens with one attached hydrogen (secondary N) is 1. The number of ether oxygens (including phenoxy) is 1. The molecule has 6 heteroatoms. The molecule has 0 spiro atoms. The monoisotopic (exact) mass is 307 g/mol. The molecule has 90 valence electrons. The smallest absolute Gasteiger partial charge is 0.149 e. The zero-order valence-electron chi connectivity index (χ0n) is 9.16. The molecule has 1 N–H and O–H groups in total. The summed E-state index contributed by atoms with van der Waals surface area (Å²) in [6.45, 7) is 0.367. The molecule has 0 aliphatic rings. The SMILES string of the molecule is COc1ccc(Br)cc1NCCS(C)(=O)=O. The molecule has 16 heavy (non-hydrogen) atoms. The van der Waals surface area contributed by atoms with Crippen LogP contribution in [0.5, 0.6) is 5.75 Å². The summed E-state index contributed by atoms with van der Waals surface area (Å²) >= 11 is 3.34. The third-order valence-corrected chi connectivity index (χ3v) is 3.39. The second kappa shape index (κ2) is 5.54. The molecule has 1 aromatic rings. The van der Waals surface area contributed by atoms with E-state index in [-0.39, 0.29) is 5.75 Å². The summed E-state index contributed by atoms with van der Waals surface area (Å²) in [4.78, 5) is 0. The van der Waals surface area contributed by atoms with Crippen LogP contribution in [0.25, 0.3) is 0 Å². The Labute approximate surface area is 104 Å². The molecule has 0 heterocycles. The lowest BCUT2D eigenvalue weighted by molar-refractivity contribution is 0.416. The van der Waals surface area contributed by atoms with Crippen LogP contribution in [-0.2, 0) is 9.84 Å². The molecule has 0 amide bonds. The van der Waals surface area contributed by atoms with E-state index < -0.39 is 9.84 Å². The van der Waals surface area contributed by atoms with Crippen LogP contribution in [0.15, 0.2) is 22.7 Å². The van der Waals surface area contributed by atoms with Gasteiger partial charge in [0.25, 0.3) is 0 Å². The minimum Gasteiger partial charge on any atom is -0.495 e. The van der Waals surface area contributed by atoms with E-state index in [9.17, 15) is 8.42 Å². The van der Waals surface area contributed by atoms with Crippen LogP contribution >= 0.6 is 15.9 Å². The fourth-order valence-corrected chi connectivity index (χ4v) is 2.02. The Morgan fingerprint density at radius 2 is 2.12 bits per heavy atom. The van der Waals surface area contributed by atoms with Crippen molar-refractivity contribution < 1.29 is 13.2 Å². The van der Waals surface area contributed by atoms with Gasteiger partial charge >= 0.3 is 0 Å². The normalized spacial score (nSPS) is 11.2. The van der Waals surface area contributed by atoms with Crippen molar-refractivity contribution in [1.29, 1.82) is 0 Å². The molecule has 1 aromatic carbocycles. The first-order valence-corrected chi connectivity index (χ1v) is 7.53. The second-order valence-electron chi connectivity index (χ2n) is 3.40. The van der Waals surface area contributed by atoms with E-state index in [0.717, 1.165) is 10.2 Å². The van der Waals surface area contributed by atoms with Crippen molar-refractivity contribution in [1.82, 2.24) is 0 Å². The molecule has 0 aliphatic carbocycles. The van der Waals surface area contributed by atoms with Crippen LogP contribution < -0.4 is 10.1 Å². The van der Waals surface area contributed by atoms with Gasteiger partial charge in [0.05, 0.1) is 18.6 Å². The predicted molar refractivity (Wildman–Crippen MR) is 68.9 cm³/mol. The van der Waals surface area contributed by atoms with Gasteiger partial charge in [-0.3, -0.25) is 0 Å². The van der Waals surface area contributed by atoms with Gasteiger partial charge in [-0.1, -0.05) is 15.9 Å². The zero-order chi connectivity index (χ0) is 12.2. The molecule has 1 rings (SSSR count). The Bertz CT molecular complexity index is 459. The van der Waals surface area contributed by atoms with Gasteiger partial charge in [0.1, 0.15) is 15.6 Å². The molecule has 0 saturated carbocycles. The average Bonchev–Trinajstić information content (AvgIpc) is 2.16. The van der Waals surface area contributed by atoms with E-state index >= 15 is 0 Å². The lowest BCUT2D eigenvalue weighted by Gasteiger charge is -2.10. The number of methoxy groups -OCH3 is 1. The van der Waals surface area contributed by atoms with Gasteiger partial charge in [0.2, 0.25) is 0 Å². The number of hydrogen-bond acceptors (Lipinski definition) is 4. The summed E-state index contributed by atoms with van der Waals surface area (Å²) in [5.41, 5.74) is 0.778. The summed E-state index contributed by atoms with van der Waals surface area (Å²) in [5.74, 6) is 0.791. The standard InChI is InChI=1S/C10H14BrNO3S/c1-15-10-4-3-8(11)7-9(10)12-5-6-16(2,13)14/h3-4,7,12H,5-6H2,1-2H3. The minimum atomic E-state index is -2.94. The molecule has 0 bridgehead atoms. The van der Waals surface area contributed by atoms with Gasteiger partial charge in [-0.15, -0.1) is 0 Å². The third kappa shape index (κ3) is 4.40. The van der Waals surface area contributed by atoms with E-state index in [2.05, 4.69) is 21.2 Å². The van der Waals surface area contributed by atoms with Gasteiger partial charge in [-0.05, 0) is 18.2 Å². The summed E-state index contributed by atoms with van der Waals surface area (Å²) in [6, 6.07) is 5.52. The van der Waals surface area contributed by atoms with E-state index in [1.165, 1.54) is 6.26 Å². The summed E-state index contributed by atoms with van der Waals surface area (Å²) in [6.07, 6.45) is 1.22. The van der Waals surface area contributed by atoms with Gasteiger partial charge < -0.3 is 10.1 Å². The zero-order valence-corrected chi connectivity index (χ0v) is 11.6. The molecule has 0 atom stereocenters. The largest absolute Gasteiger partial charge is 0.495 e. The van der Waals surface area contributed by atoms with Gasteiger partial charge in [0.15, 0.2) is 0 Å². The summed E-state index contributed by atoms with van der Waals surface area (Å²) in [7, 11) is -1.36. The maximum absolute atomic E-state index is 11.0. The van der Waals surface area contributed by atoms with Crippen LogP contribution in [0.3, 0.4) is 0 Å². The van der Waals surface area contributed by atoms with Crippen molar-refractivity contribution in [3.05, 3.63) is 22.7 Å². The second-order valence-corrected chi connectivity index (χ2v) is 6.58. The molecule has 0 unspecified atom stereocenters. The van der Waals surface area contributed by atoms with E-state index in [4.69, 9.17) is 4.74 Å². The Kier molecular flexibility index (Phi) is 4.61. The lowest BCUT2D eigenvalue weighted by Crippen LogP contribution is -2.14. The molecule has 0 aliphatic heterocycles. The van der Waals surface area contributed by atoms with Crippen molar-refractivity contribution in [3.8, 4) is 5.75 Å². The quantitative estimate of drug-likeness (QED) is 0.903. The van der Waals surface area contributed by atoms with Crippen molar-refractivity contribution in [2.24, 2.45) is 0 Å². The van der Waals surface area contributed by atoms with Crippen LogP contribution in [-0.4, -0.2) is 34.1 Å². The van der Waals surface area contributed by atoms with Crippen molar-refractivity contribution >= 4 is 31.5 Å². The molecular weight excluding hydrogens is 294 g/mol. The highest BCUT2D eigenvalue weighted by atomic mass is 79.9. The van der Waals surface area contributed by atoms with Crippen molar-refractivity contribution in [2.45, 2.75) is 0 Å². The number of hydrogen-bond donors (Lipinski definition) is 1. The predicted octanol–water partition coefficient (Wildman–Crippen LogP) is 1.91. The number of anilines is 1. The van der Waals surface area contributed by atoms with Crippen LogP contribution in [0.2, 0.25) is 0 Å². The molecule has 0 radical (unpaired) electrons. The highest BCUT2D eigenvalue weighted by Crippen LogP contribution is 2.27. The highest BCUT2D eigenvalue weighted by molar-refractivity contribution is 9.10. The van der Waals surface area contributed by atoms with Crippen LogP contribution in [0.4, 0.5) is 5.69 Å². The Balaban J connectivity index is 2.69. The lowest BCUT2D eigenvalue weighted by atomic mass is 10.3. The number of sulfone groups is 1. The highest BCUT2D eigenvalue weighted by Gasteiger charge is 2.05. The van der Waals surface area contributed by atoms with Gasteiger partial charge in [0, 0.05) is 17.3 Å². The van der Waals surface area contributed by atoms with Gasteiger partial charge in [-0.25, -0.2) is 8.42 Å². The first-order valence-electron chi connectivity index (χ1n) is 4.67. The number of benzene rings is 1. The topological polar surface area (TPSA) is 55.4 Å². The minimum absolute atomic E-state index is 0.0999. The first kappa shape index (κ1) is 13.3. The fourth-order valence-electron chi connectivity index (χ4n) is 1.19.